The Balaban J connectivity index is 2.32. The van der Waals surface area contributed by atoms with E-state index < -0.39 is 46.2 Å². The van der Waals surface area contributed by atoms with Crippen molar-refractivity contribution in [2.45, 2.75) is 25.8 Å². The minimum atomic E-state index is -5.00. The molecule has 0 aliphatic rings. The van der Waals surface area contributed by atoms with Gasteiger partial charge in [0.1, 0.15) is 12.2 Å². The van der Waals surface area contributed by atoms with Gasteiger partial charge in [-0.1, -0.05) is 30.3 Å². The van der Waals surface area contributed by atoms with Crippen LogP contribution in [-0.2, 0) is 20.5 Å². The number of carbonyl (C=O) groups excluding carboxylic acids is 1. The Bertz CT molecular complexity index is 987. The van der Waals surface area contributed by atoms with Crippen LogP contribution in [0.5, 0.6) is 11.5 Å². The normalized spacial score (nSPS) is 12.3. The molecule has 0 amide bonds. The molecule has 0 aliphatic carbocycles. The Morgan fingerprint density at radius 3 is 2.20 bits per heavy atom. The third-order valence-electron chi connectivity index (χ3n) is 3.81. The maximum absolute atomic E-state index is 12.8. The van der Waals surface area contributed by atoms with Gasteiger partial charge in [-0.2, -0.15) is 0 Å². The summed E-state index contributed by atoms with van der Waals surface area (Å²) >= 11 is 0. The van der Waals surface area contributed by atoms with Crippen LogP contribution in [0.15, 0.2) is 48.5 Å². The summed E-state index contributed by atoms with van der Waals surface area (Å²) in [6, 6.07) is 11.5. The van der Waals surface area contributed by atoms with Crippen molar-refractivity contribution < 1.29 is 45.1 Å². The van der Waals surface area contributed by atoms with E-state index in [1.165, 1.54) is 0 Å². The summed E-state index contributed by atoms with van der Waals surface area (Å²) in [5.41, 5.74) is -0.660. The summed E-state index contributed by atoms with van der Waals surface area (Å²) in [7, 11) is -4.59. The van der Waals surface area contributed by atoms with Crippen molar-refractivity contribution >= 4 is 16.1 Å². The second-order valence-electron chi connectivity index (χ2n) is 6.59. The first kappa shape index (κ1) is 23.5. The van der Waals surface area contributed by atoms with Crippen LogP contribution in [0, 0.1) is 0 Å². The minimum absolute atomic E-state index is 0.216. The van der Waals surface area contributed by atoms with Gasteiger partial charge in [0.05, 0.1) is 21.4 Å². The number of benzene rings is 2. The molecule has 0 saturated carbocycles. The number of halogens is 3. The molecule has 0 unspecified atom stereocenters. The highest BCUT2D eigenvalue weighted by Crippen LogP contribution is 2.37. The molecular formula is C19H18F3O7S-. The van der Waals surface area contributed by atoms with Gasteiger partial charge in [-0.15, -0.1) is 13.2 Å². The highest BCUT2D eigenvalue weighted by Gasteiger charge is 2.34. The largest absolute Gasteiger partial charge is 0.748 e. The molecular weight excluding hydrogens is 429 g/mol. The Kier molecular flexibility index (Phi) is 6.99. The van der Waals surface area contributed by atoms with Gasteiger partial charge in [0, 0.05) is 0 Å². The van der Waals surface area contributed by atoms with Crippen LogP contribution >= 0.6 is 0 Å². The van der Waals surface area contributed by atoms with Crippen molar-refractivity contribution in [1.29, 1.82) is 0 Å². The number of hydrogen-bond donors (Lipinski definition) is 0. The molecule has 0 fully saturated rings. The van der Waals surface area contributed by atoms with Gasteiger partial charge in [0.15, 0.2) is 11.5 Å². The lowest BCUT2D eigenvalue weighted by atomic mass is 9.98. The average Bonchev–Trinajstić information content (AvgIpc) is 2.61. The maximum atomic E-state index is 12.8. The molecule has 11 heteroatoms. The first-order valence-corrected chi connectivity index (χ1v) is 10.1. The van der Waals surface area contributed by atoms with E-state index in [1.54, 1.807) is 44.2 Å². The molecule has 0 aromatic heterocycles. The standard InChI is InChI=1S/C19H19F3O7S/c1-18(2,14-6-4-3-5-7-14)28-16-12-13(8-9-15(16)29-19(20,21)22)17(23)27-10-11-30(24,25)26/h3-9,12H,10-11H2,1-2H3,(H,24,25,26)/p-1. The number of rotatable bonds is 8. The smallest absolute Gasteiger partial charge is 0.573 e. The molecule has 2 rings (SSSR count). The third-order valence-corrected chi connectivity index (χ3v) is 4.47. The van der Waals surface area contributed by atoms with Gasteiger partial charge in [0.25, 0.3) is 0 Å². The second-order valence-corrected chi connectivity index (χ2v) is 8.11. The Labute approximate surface area is 171 Å². The summed E-state index contributed by atoms with van der Waals surface area (Å²) in [4.78, 5) is 12.1. The Hall–Kier alpha value is -2.79. The van der Waals surface area contributed by atoms with Crippen molar-refractivity contribution in [3.05, 3.63) is 59.7 Å². The zero-order valence-electron chi connectivity index (χ0n) is 15.9. The van der Waals surface area contributed by atoms with Gasteiger partial charge in [-0.25, -0.2) is 13.2 Å². The second kappa shape index (κ2) is 8.92. The fraction of sp³-hybridized carbons (Fsp3) is 0.316. The highest BCUT2D eigenvalue weighted by atomic mass is 32.2. The molecule has 0 spiro atoms. The summed E-state index contributed by atoms with van der Waals surface area (Å²) in [6.45, 7) is 2.53. The molecule has 0 N–H and O–H groups in total. The van der Waals surface area contributed by atoms with E-state index in [0.717, 1.165) is 18.2 Å². The Morgan fingerprint density at radius 2 is 1.63 bits per heavy atom. The third kappa shape index (κ3) is 7.23. The van der Waals surface area contributed by atoms with E-state index in [0.29, 0.717) is 5.56 Å². The summed E-state index contributed by atoms with van der Waals surface area (Å²) in [6.07, 6.45) is -5.00. The van der Waals surface area contributed by atoms with Crippen molar-refractivity contribution in [2.24, 2.45) is 0 Å². The molecule has 164 valence electrons. The van der Waals surface area contributed by atoms with Crippen molar-refractivity contribution in [3.63, 3.8) is 0 Å². The van der Waals surface area contributed by atoms with Gasteiger partial charge < -0.3 is 18.8 Å². The van der Waals surface area contributed by atoms with Crippen LogP contribution in [0.25, 0.3) is 0 Å². The molecule has 2 aromatic carbocycles. The fourth-order valence-electron chi connectivity index (χ4n) is 2.42. The zero-order valence-corrected chi connectivity index (χ0v) is 16.7. The number of alkyl halides is 3. The minimum Gasteiger partial charge on any atom is -0.748 e. The molecule has 0 aliphatic heterocycles. The molecule has 7 nitrogen and oxygen atoms in total. The molecule has 0 bridgehead atoms. The summed E-state index contributed by atoms with van der Waals surface area (Å²) in [5.74, 6) is -3.03. The van der Waals surface area contributed by atoms with E-state index in [4.69, 9.17) is 4.74 Å². The molecule has 0 heterocycles. The summed E-state index contributed by atoms with van der Waals surface area (Å²) < 4.78 is 84.4. The number of hydrogen-bond acceptors (Lipinski definition) is 7. The topological polar surface area (TPSA) is 102 Å². The predicted molar refractivity (Wildman–Crippen MR) is 98.1 cm³/mol. The average molecular weight is 447 g/mol. The van der Waals surface area contributed by atoms with Crippen LogP contribution < -0.4 is 9.47 Å². The van der Waals surface area contributed by atoms with E-state index in [-0.39, 0.29) is 11.3 Å². The number of carbonyl (C=O) groups is 1. The van der Waals surface area contributed by atoms with Gasteiger partial charge >= 0.3 is 12.3 Å². The van der Waals surface area contributed by atoms with E-state index >= 15 is 0 Å². The lowest BCUT2D eigenvalue weighted by molar-refractivity contribution is -0.275. The first-order chi connectivity index (χ1) is 13.8. The van der Waals surface area contributed by atoms with Gasteiger partial charge in [-0.05, 0) is 37.6 Å². The lowest BCUT2D eigenvalue weighted by Crippen LogP contribution is -2.26. The van der Waals surface area contributed by atoms with Crippen LogP contribution in [0.1, 0.15) is 29.8 Å². The van der Waals surface area contributed by atoms with E-state index in [2.05, 4.69) is 9.47 Å². The lowest BCUT2D eigenvalue weighted by Gasteiger charge is -2.28. The van der Waals surface area contributed by atoms with Crippen LogP contribution in [0.2, 0.25) is 0 Å². The fourth-order valence-corrected chi connectivity index (χ4v) is 2.70. The van der Waals surface area contributed by atoms with Crippen LogP contribution in [-0.4, -0.2) is 37.7 Å². The van der Waals surface area contributed by atoms with Crippen molar-refractivity contribution in [2.75, 3.05) is 12.4 Å². The van der Waals surface area contributed by atoms with E-state index in [1.807, 2.05) is 0 Å². The van der Waals surface area contributed by atoms with Crippen LogP contribution in [0.4, 0.5) is 13.2 Å². The van der Waals surface area contributed by atoms with Gasteiger partial charge in [-0.3, -0.25) is 0 Å². The predicted octanol–water partition coefficient (Wildman–Crippen LogP) is 3.60. The molecule has 30 heavy (non-hydrogen) atoms. The summed E-state index contributed by atoms with van der Waals surface area (Å²) in [5, 5.41) is 0. The van der Waals surface area contributed by atoms with Crippen molar-refractivity contribution in [1.82, 2.24) is 0 Å². The number of ether oxygens (including phenoxy) is 3. The van der Waals surface area contributed by atoms with Gasteiger partial charge in [0.2, 0.25) is 0 Å². The maximum Gasteiger partial charge on any atom is 0.573 e. The highest BCUT2D eigenvalue weighted by molar-refractivity contribution is 7.85. The first-order valence-electron chi connectivity index (χ1n) is 8.52. The molecule has 2 aromatic rings. The molecule has 0 radical (unpaired) electrons. The van der Waals surface area contributed by atoms with Crippen molar-refractivity contribution in [3.8, 4) is 11.5 Å². The monoisotopic (exact) mass is 447 g/mol. The quantitative estimate of drug-likeness (QED) is 0.450. The Morgan fingerprint density at radius 1 is 1.00 bits per heavy atom. The van der Waals surface area contributed by atoms with Crippen LogP contribution in [0.3, 0.4) is 0 Å². The SMILES string of the molecule is CC(C)(Oc1cc(C(=O)OCCS(=O)(=O)[O-])ccc1OC(F)(F)F)c1ccccc1. The van der Waals surface area contributed by atoms with E-state index in [9.17, 15) is 30.9 Å². The molecule has 0 saturated heterocycles. The number of esters is 1. The molecule has 0 atom stereocenters. The zero-order chi connectivity index (χ0) is 22.6.